The van der Waals surface area contributed by atoms with E-state index in [1.54, 1.807) is 18.2 Å². The Morgan fingerprint density at radius 1 is 0.833 bits per heavy atom. The minimum atomic E-state index is -1.76. The number of carbonyl (C=O) groups excluding carboxylic acids is 1. The fourth-order valence-corrected chi connectivity index (χ4v) is 4.44. The maximum Gasteiger partial charge on any atom is 0.229 e. The summed E-state index contributed by atoms with van der Waals surface area (Å²) < 4.78 is 11.3. The molecule has 0 unspecified atom stereocenters. The lowest BCUT2D eigenvalue weighted by molar-refractivity contribution is -0.277. The van der Waals surface area contributed by atoms with Crippen LogP contribution in [0.2, 0.25) is 0 Å². The van der Waals surface area contributed by atoms with Crippen LogP contribution in [0.4, 0.5) is 0 Å². The Morgan fingerprint density at radius 3 is 2.25 bits per heavy atom. The van der Waals surface area contributed by atoms with Crippen LogP contribution in [0, 0.1) is 0 Å². The van der Waals surface area contributed by atoms with Crippen LogP contribution in [-0.2, 0) is 22.4 Å². The van der Waals surface area contributed by atoms with Crippen LogP contribution in [-0.4, -0.2) is 102 Å². The molecular formula is C25H30O11. The molecule has 2 aromatic carbocycles. The van der Waals surface area contributed by atoms with Crippen LogP contribution in [0.3, 0.4) is 0 Å². The zero-order valence-electron chi connectivity index (χ0n) is 19.2. The van der Waals surface area contributed by atoms with Crippen LogP contribution >= 0.6 is 0 Å². The molecule has 1 aliphatic heterocycles. The smallest absolute Gasteiger partial charge is 0.229 e. The highest BCUT2D eigenvalue weighted by Crippen LogP contribution is 2.39. The molecule has 8 atom stereocenters. The van der Waals surface area contributed by atoms with Crippen molar-refractivity contribution in [2.24, 2.45) is 0 Å². The summed E-state index contributed by atoms with van der Waals surface area (Å²) in [6, 6.07) is 9.23. The highest BCUT2D eigenvalue weighted by atomic mass is 16.7. The number of rotatable bonds is 3. The highest BCUT2D eigenvalue weighted by molar-refractivity contribution is 5.84. The van der Waals surface area contributed by atoms with E-state index in [0.717, 1.165) is 0 Å². The summed E-state index contributed by atoms with van der Waals surface area (Å²) in [5.41, 5.74) is 1.73. The van der Waals surface area contributed by atoms with Gasteiger partial charge in [-0.15, -0.1) is 0 Å². The monoisotopic (exact) mass is 506 g/mol. The van der Waals surface area contributed by atoms with Crippen molar-refractivity contribution in [3.8, 4) is 22.6 Å². The Balaban J connectivity index is 1.76. The van der Waals surface area contributed by atoms with E-state index in [4.69, 9.17) is 9.47 Å². The molecule has 2 aliphatic rings. The van der Waals surface area contributed by atoms with Crippen molar-refractivity contribution in [3.63, 3.8) is 0 Å². The lowest BCUT2D eigenvalue weighted by atomic mass is 9.95. The molecule has 0 aromatic heterocycles. The van der Waals surface area contributed by atoms with Gasteiger partial charge in [0.1, 0.15) is 48.1 Å². The molecule has 196 valence electrons. The van der Waals surface area contributed by atoms with Gasteiger partial charge in [-0.2, -0.15) is 0 Å². The van der Waals surface area contributed by atoms with Crippen LogP contribution in [0.1, 0.15) is 17.5 Å². The molecule has 1 saturated heterocycles. The number of phenols is 1. The lowest BCUT2D eigenvalue weighted by Gasteiger charge is -2.39. The van der Waals surface area contributed by atoms with E-state index in [1.165, 1.54) is 18.2 Å². The van der Waals surface area contributed by atoms with Crippen molar-refractivity contribution < 1.29 is 55.1 Å². The summed E-state index contributed by atoms with van der Waals surface area (Å²) in [7, 11) is 0. The summed E-state index contributed by atoms with van der Waals surface area (Å²) in [6.07, 6.45) is -12.5. The Labute approximate surface area is 206 Å². The number of ketones is 1. The third-order valence-electron chi connectivity index (χ3n) is 6.64. The van der Waals surface area contributed by atoms with Crippen LogP contribution in [0.15, 0.2) is 36.4 Å². The lowest BCUT2D eigenvalue weighted by Crippen LogP contribution is -2.60. The predicted molar refractivity (Wildman–Crippen MR) is 123 cm³/mol. The summed E-state index contributed by atoms with van der Waals surface area (Å²) in [4.78, 5) is 12.4. The van der Waals surface area contributed by atoms with Gasteiger partial charge in [-0.25, -0.2) is 0 Å². The summed E-state index contributed by atoms with van der Waals surface area (Å²) >= 11 is 0. The predicted octanol–water partition coefficient (Wildman–Crippen LogP) is -1.62. The number of Topliss-reactive ketones (excluding diaryl/α,β-unsaturated/α-hetero) is 1. The minimum absolute atomic E-state index is 0.123. The fourth-order valence-electron chi connectivity index (χ4n) is 4.44. The quantitative estimate of drug-likeness (QED) is 0.238. The first kappa shape index (κ1) is 26.5. The number of phenolic OH excluding ortho intramolecular Hbond substituents is 1. The van der Waals surface area contributed by atoms with E-state index in [-0.39, 0.29) is 36.3 Å². The second-order valence-corrected chi connectivity index (χ2v) is 9.17. The number of aliphatic hydroxyl groups is 7. The normalized spacial score (nSPS) is 33.2. The number of benzene rings is 2. The van der Waals surface area contributed by atoms with Crippen LogP contribution in [0.5, 0.6) is 11.5 Å². The minimum Gasteiger partial charge on any atom is -0.507 e. The number of aromatic hydroxyl groups is 1. The number of ether oxygens (including phenoxy) is 2. The zero-order valence-corrected chi connectivity index (χ0v) is 19.2. The summed E-state index contributed by atoms with van der Waals surface area (Å²) in [5, 5.41) is 81.5. The Kier molecular flexibility index (Phi) is 7.93. The van der Waals surface area contributed by atoms with E-state index in [1.807, 2.05) is 0 Å². The van der Waals surface area contributed by atoms with Gasteiger partial charge < -0.3 is 50.3 Å². The summed E-state index contributed by atoms with van der Waals surface area (Å²) in [6.45, 7) is -0.631. The number of fused-ring (bicyclic) bond motifs is 5. The third kappa shape index (κ3) is 5.24. The molecule has 0 radical (unpaired) electrons. The summed E-state index contributed by atoms with van der Waals surface area (Å²) in [5.74, 6) is -0.661. The van der Waals surface area contributed by atoms with Gasteiger partial charge in [-0.05, 0) is 41.8 Å². The van der Waals surface area contributed by atoms with Crippen molar-refractivity contribution in [1.82, 2.24) is 0 Å². The largest absolute Gasteiger partial charge is 0.507 e. The Hall–Kier alpha value is -2.61. The molecule has 4 bridgehead atoms. The zero-order chi connectivity index (χ0) is 26.1. The van der Waals surface area contributed by atoms with Gasteiger partial charge in [-0.3, -0.25) is 4.79 Å². The molecule has 8 N–H and O–H groups in total. The van der Waals surface area contributed by atoms with E-state index in [9.17, 15) is 45.6 Å². The molecule has 0 saturated carbocycles. The fraction of sp³-hybridized carbons (Fsp3) is 0.480. The van der Waals surface area contributed by atoms with Crippen molar-refractivity contribution in [2.75, 3.05) is 6.61 Å². The first-order chi connectivity index (χ1) is 17.1. The number of aryl methyl sites for hydroxylation is 1. The number of carbonyl (C=O) groups is 1. The maximum absolute atomic E-state index is 12.4. The van der Waals surface area contributed by atoms with Crippen molar-refractivity contribution in [3.05, 3.63) is 47.5 Å². The first-order valence-electron chi connectivity index (χ1n) is 11.6. The van der Waals surface area contributed by atoms with E-state index >= 15 is 0 Å². The van der Waals surface area contributed by atoms with Gasteiger partial charge in [0.25, 0.3) is 0 Å². The van der Waals surface area contributed by atoms with Crippen LogP contribution in [0.25, 0.3) is 11.1 Å². The number of hydrogen-bond acceptors (Lipinski definition) is 11. The molecule has 1 fully saturated rings. The molecule has 1 heterocycles. The van der Waals surface area contributed by atoms with Gasteiger partial charge in [0, 0.05) is 24.0 Å². The molecule has 1 aliphatic carbocycles. The molecule has 11 heteroatoms. The maximum atomic E-state index is 12.4. The SMILES string of the molecule is O=C1CCc2ccc(O[C@@H]3O[C@H](CO)[C@@H](O)[C@H](O)[C@H]3O)c(c2)-c2cc(ccc2O)C[C@@H](O)[C@H](O)[C@H]1O. The molecule has 4 rings (SSSR count). The highest BCUT2D eigenvalue weighted by Gasteiger charge is 2.45. The van der Waals surface area contributed by atoms with Crippen molar-refractivity contribution in [2.45, 2.75) is 68.3 Å². The second-order valence-electron chi connectivity index (χ2n) is 9.17. The molecule has 11 nitrogen and oxygen atoms in total. The van der Waals surface area contributed by atoms with E-state index in [2.05, 4.69) is 0 Å². The van der Waals surface area contributed by atoms with Gasteiger partial charge in [-0.1, -0.05) is 12.1 Å². The third-order valence-corrected chi connectivity index (χ3v) is 6.64. The molecule has 36 heavy (non-hydrogen) atoms. The van der Waals surface area contributed by atoms with Crippen LogP contribution < -0.4 is 4.74 Å². The van der Waals surface area contributed by atoms with Crippen molar-refractivity contribution in [1.29, 1.82) is 0 Å². The standard InChI is InChI=1S/C25H30O11/c26-10-19-22(32)23(33)24(34)25(36-19)35-18-6-3-11-1-5-16(28)20(30)21(31)17(29)9-12-2-4-15(27)13(8-12)14(18)7-11/h2-4,6-8,17,19-27,29-34H,1,5,9-10H2/t17-,19-,20+,21+,22-,23+,24-,25-/m1/s1. The van der Waals surface area contributed by atoms with Crippen molar-refractivity contribution >= 4 is 5.78 Å². The Bertz CT molecular complexity index is 1090. The topological polar surface area (TPSA) is 197 Å². The van der Waals surface area contributed by atoms with E-state index < -0.39 is 61.4 Å². The number of hydrogen-bond donors (Lipinski definition) is 8. The number of aliphatic hydroxyl groups excluding tert-OH is 7. The second kappa shape index (κ2) is 10.8. The average Bonchev–Trinajstić information content (AvgIpc) is 2.88. The molecule has 0 amide bonds. The van der Waals surface area contributed by atoms with Gasteiger partial charge >= 0.3 is 0 Å². The van der Waals surface area contributed by atoms with Gasteiger partial charge in [0.05, 0.1) is 12.7 Å². The molecule has 2 aromatic rings. The molecular weight excluding hydrogens is 476 g/mol. The Morgan fingerprint density at radius 2 is 1.53 bits per heavy atom. The van der Waals surface area contributed by atoms with Gasteiger partial charge in [0.15, 0.2) is 5.78 Å². The average molecular weight is 507 g/mol. The first-order valence-corrected chi connectivity index (χ1v) is 11.6. The van der Waals surface area contributed by atoms with E-state index in [0.29, 0.717) is 16.7 Å². The van der Waals surface area contributed by atoms with Gasteiger partial charge in [0.2, 0.25) is 6.29 Å². The molecule has 0 spiro atoms.